The van der Waals surface area contributed by atoms with Crippen LogP contribution in [0.2, 0.25) is 5.02 Å². The van der Waals surface area contributed by atoms with Crippen molar-refractivity contribution < 1.29 is 22.1 Å². The number of hydrazone groups is 1. The van der Waals surface area contributed by atoms with E-state index in [2.05, 4.69) is 26.5 Å². The van der Waals surface area contributed by atoms with Crippen LogP contribution in [0.5, 0.6) is 11.5 Å². The molecule has 3 aromatic rings. The number of nitrogens with zero attached hydrogens (tertiary/aromatic N) is 1. The molecule has 0 atom stereocenters. The lowest BCUT2D eigenvalue weighted by atomic mass is 10.2. The average Bonchev–Trinajstić information content (AvgIpc) is 2.76. The fourth-order valence-electron chi connectivity index (χ4n) is 2.40. The van der Waals surface area contributed by atoms with Crippen LogP contribution in [-0.2, 0) is 10.1 Å². The molecule has 31 heavy (non-hydrogen) atoms. The second-order valence-corrected chi connectivity index (χ2v) is 8.95. The van der Waals surface area contributed by atoms with Gasteiger partial charge in [0.15, 0.2) is 5.75 Å². The summed E-state index contributed by atoms with van der Waals surface area (Å²) < 4.78 is 35.6. The number of halogens is 2. The number of benzene rings is 3. The molecule has 7 nitrogen and oxygen atoms in total. The van der Waals surface area contributed by atoms with Gasteiger partial charge in [0.05, 0.1) is 17.8 Å². The molecule has 10 heteroatoms. The van der Waals surface area contributed by atoms with Gasteiger partial charge in [-0.1, -0.05) is 11.6 Å². The zero-order chi connectivity index (χ0) is 22.4. The van der Waals surface area contributed by atoms with Crippen molar-refractivity contribution in [3.05, 3.63) is 87.4 Å². The minimum Gasteiger partial charge on any atom is -0.497 e. The highest BCUT2D eigenvalue weighted by Gasteiger charge is 2.18. The van der Waals surface area contributed by atoms with Crippen LogP contribution in [0.1, 0.15) is 15.9 Å². The van der Waals surface area contributed by atoms with Gasteiger partial charge in [-0.25, -0.2) is 5.43 Å². The molecule has 0 unspecified atom stereocenters. The molecule has 0 aromatic heterocycles. The number of carbonyl (C=O) groups excluding carboxylic acids is 1. The van der Waals surface area contributed by atoms with E-state index in [0.717, 1.165) is 0 Å². The Balaban J connectivity index is 1.67. The van der Waals surface area contributed by atoms with Crippen LogP contribution >= 0.6 is 27.5 Å². The third kappa shape index (κ3) is 6.06. The van der Waals surface area contributed by atoms with Gasteiger partial charge in [-0.05, 0) is 88.2 Å². The van der Waals surface area contributed by atoms with Crippen LogP contribution in [0.4, 0.5) is 0 Å². The molecule has 0 aliphatic carbocycles. The van der Waals surface area contributed by atoms with E-state index >= 15 is 0 Å². The quantitative estimate of drug-likeness (QED) is 0.277. The molecule has 160 valence electrons. The van der Waals surface area contributed by atoms with Crippen molar-refractivity contribution in [3.8, 4) is 11.5 Å². The van der Waals surface area contributed by atoms with E-state index in [9.17, 15) is 13.2 Å². The molecular weight excluding hydrogens is 508 g/mol. The molecule has 0 aliphatic heterocycles. The molecule has 3 rings (SSSR count). The van der Waals surface area contributed by atoms with Gasteiger partial charge in [-0.2, -0.15) is 13.5 Å². The highest BCUT2D eigenvalue weighted by molar-refractivity contribution is 9.10. The highest BCUT2D eigenvalue weighted by atomic mass is 79.9. The Bertz CT molecular complexity index is 1210. The summed E-state index contributed by atoms with van der Waals surface area (Å²) in [4.78, 5) is 12.0. The average molecular weight is 524 g/mol. The lowest BCUT2D eigenvalue weighted by Crippen LogP contribution is -2.17. The number of ether oxygens (including phenoxy) is 1. The first-order valence-corrected chi connectivity index (χ1v) is 11.3. The van der Waals surface area contributed by atoms with Crippen molar-refractivity contribution in [2.45, 2.75) is 4.90 Å². The summed E-state index contributed by atoms with van der Waals surface area (Å²) in [6, 6.07) is 16.9. The summed E-state index contributed by atoms with van der Waals surface area (Å²) in [5.41, 5.74) is 3.43. The topological polar surface area (TPSA) is 94.1 Å². The molecule has 0 aliphatic rings. The molecule has 0 radical (unpaired) electrons. The normalized spacial score (nSPS) is 11.3. The van der Waals surface area contributed by atoms with Crippen LogP contribution in [-0.4, -0.2) is 27.6 Å². The number of carbonyl (C=O) groups is 1. The Hall–Kier alpha value is -2.88. The third-order valence-electron chi connectivity index (χ3n) is 3.99. The van der Waals surface area contributed by atoms with E-state index in [1.807, 2.05) is 0 Å². The summed E-state index contributed by atoms with van der Waals surface area (Å²) in [7, 11) is -2.53. The smallest absolute Gasteiger partial charge is 0.339 e. The SMILES string of the molecule is COc1ccc(S(=O)(=O)Oc2ccc(/C=N\NC(=O)c3ccc(Cl)cc3)cc2Br)cc1. The first-order chi connectivity index (χ1) is 14.8. The number of methoxy groups -OCH3 is 1. The van der Waals surface area contributed by atoms with Crippen molar-refractivity contribution in [2.24, 2.45) is 5.10 Å². The largest absolute Gasteiger partial charge is 0.497 e. The minimum absolute atomic E-state index is 0.00393. The Morgan fingerprint density at radius 1 is 1.06 bits per heavy atom. The summed E-state index contributed by atoms with van der Waals surface area (Å²) in [5.74, 6) is 0.252. The van der Waals surface area contributed by atoms with Gasteiger partial charge in [0, 0.05) is 10.6 Å². The first-order valence-electron chi connectivity index (χ1n) is 8.75. The maximum Gasteiger partial charge on any atom is 0.339 e. The van der Waals surface area contributed by atoms with Gasteiger partial charge in [-0.3, -0.25) is 4.79 Å². The number of nitrogens with one attached hydrogen (secondary N) is 1. The van der Waals surface area contributed by atoms with Gasteiger partial charge in [0.2, 0.25) is 0 Å². The second kappa shape index (κ2) is 9.95. The van der Waals surface area contributed by atoms with Crippen molar-refractivity contribution in [3.63, 3.8) is 0 Å². The van der Waals surface area contributed by atoms with Crippen LogP contribution < -0.4 is 14.3 Å². The van der Waals surface area contributed by atoms with Crippen LogP contribution in [0.3, 0.4) is 0 Å². The summed E-state index contributed by atoms with van der Waals surface area (Å²) in [6.07, 6.45) is 1.42. The molecule has 1 amide bonds. The number of hydrogen-bond acceptors (Lipinski definition) is 6. The molecule has 0 saturated heterocycles. The Labute approximate surface area is 192 Å². The third-order valence-corrected chi connectivity index (χ3v) is 6.11. The molecule has 0 fully saturated rings. The Morgan fingerprint density at radius 3 is 2.35 bits per heavy atom. The number of rotatable bonds is 7. The predicted molar refractivity (Wildman–Crippen MR) is 121 cm³/mol. The monoisotopic (exact) mass is 522 g/mol. The minimum atomic E-state index is -4.02. The zero-order valence-electron chi connectivity index (χ0n) is 16.1. The summed E-state index contributed by atoms with van der Waals surface area (Å²) in [6.45, 7) is 0. The fourth-order valence-corrected chi connectivity index (χ4v) is 4.06. The van der Waals surface area contributed by atoms with Crippen LogP contribution in [0.25, 0.3) is 0 Å². The molecule has 3 aromatic carbocycles. The van der Waals surface area contributed by atoms with Gasteiger partial charge in [-0.15, -0.1) is 0 Å². The van der Waals surface area contributed by atoms with E-state index in [-0.39, 0.29) is 10.6 Å². The maximum absolute atomic E-state index is 12.5. The standard InChI is InChI=1S/C21H16BrClN2O5S/c1-29-17-7-9-18(10-8-17)31(27,28)30-20-11-2-14(12-19(20)22)13-24-25-21(26)15-3-5-16(23)6-4-15/h2-13H,1H3,(H,25,26)/b24-13-. The zero-order valence-corrected chi connectivity index (χ0v) is 19.2. The van der Waals surface area contributed by atoms with E-state index in [1.54, 1.807) is 36.4 Å². The van der Waals surface area contributed by atoms with Gasteiger partial charge in [0.25, 0.3) is 5.91 Å². The van der Waals surface area contributed by atoms with Crippen molar-refractivity contribution >= 4 is 49.8 Å². The van der Waals surface area contributed by atoms with Crippen molar-refractivity contribution in [1.29, 1.82) is 0 Å². The Morgan fingerprint density at radius 2 is 1.74 bits per heavy atom. The summed E-state index contributed by atoms with van der Waals surface area (Å²) in [5, 5.41) is 4.43. The van der Waals surface area contributed by atoms with Crippen LogP contribution in [0.15, 0.2) is 81.2 Å². The van der Waals surface area contributed by atoms with E-state index in [1.165, 1.54) is 43.7 Å². The lowest BCUT2D eigenvalue weighted by molar-refractivity contribution is 0.0955. The highest BCUT2D eigenvalue weighted by Crippen LogP contribution is 2.29. The van der Waals surface area contributed by atoms with E-state index < -0.39 is 16.0 Å². The van der Waals surface area contributed by atoms with Crippen molar-refractivity contribution in [2.75, 3.05) is 7.11 Å². The molecule has 0 heterocycles. The van der Waals surface area contributed by atoms with Gasteiger partial charge >= 0.3 is 10.1 Å². The number of amides is 1. The fraction of sp³-hybridized carbons (Fsp3) is 0.0476. The lowest BCUT2D eigenvalue weighted by Gasteiger charge is -2.09. The number of hydrogen-bond donors (Lipinski definition) is 1. The molecule has 0 bridgehead atoms. The van der Waals surface area contributed by atoms with E-state index in [0.29, 0.717) is 26.4 Å². The first kappa shape index (κ1) is 22.8. The van der Waals surface area contributed by atoms with Crippen LogP contribution in [0, 0.1) is 0 Å². The molecule has 0 spiro atoms. The van der Waals surface area contributed by atoms with Gasteiger partial charge < -0.3 is 8.92 Å². The van der Waals surface area contributed by atoms with E-state index in [4.69, 9.17) is 20.5 Å². The Kier molecular flexibility index (Phi) is 7.32. The maximum atomic E-state index is 12.5. The molecule has 0 saturated carbocycles. The summed E-state index contributed by atoms with van der Waals surface area (Å²) >= 11 is 9.09. The second-order valence-electron chi connectivity index (χ2n) is 6.11. The predicted octanol–water partition coefficient (Wildman–Crippen LogP) is 4.64. The van der Waals surface area contributed by atoms with Gasteiger partial charge in [0.1, 0.15) is 10.6 Å². The van der Waals surface area contributed by atoms with Crippen molar-refractivity contribution in [1.82, 2.24) is 5.43 Å². The molecule has 1 N–H and O–H groups in total. The molecular formula is C21H16BrClN2O5S.